The van der Waals surface area contributed by atoms with Crippen molar-refractivity contribution in [1.82, 2.24) is 5.32 Å². The van der Waals surface area contributed by atoms with Crippen molar-refractivity contribution in [2.75, 3.05) is 0 Å². The van der Waals surface area contributed by atoms with E-state index in [-0.39, 0.29) is 44.2 Å². The lowest BCUT2D eigenvalue weighted by molar-refractivity contribution is 0.0938. The number of sulfone groups is 1. The molecule has 0 bridgehead atoms. The molecule has 1 aromatic heterocycles. The molecule has 0 aliphatic carbocycles. The van der Waals surface area contributed by atoms with E-state index in [9.17, 15) is 18.0 Å². The van der Waals surface area contributed by atoms with Gasteiger partial charge in [-0.05, 0) is 48.7 Å². The zero-order valence-electron chi connectivity index (χ0n) is 14.3. The highest BCUT2D eigenvalue weighted by atomic mass is 32.2. The monoisotopic (exact) mass is 397 g/mol. The van der Waals surface area contributed by atoms with Gasteiger partial charge in [0.15, 0.2) is 5.78 Å². The molecule has 0 radical (unpaired) electrons. The third-order valence-corrected chi connectivity index (χ3v) is 7.42. The molecule has 1 unspecified atom stereocenters. The Bertz CT molecular complexity index is 1160. The molecule has 7 heteroatoms. The van der Waals surface area contributed by atoms with E-state index in [4.69, 9.17) is 0 Å². The Balaban J connectivity index is 1.72. The molecule has 5 nitrogen and oxygen atoms in total. The predicted octanol–water partition coefficient (Wildman–Crippen LogP) is 3.62. The summed E-state index contributed by atoms with van der Waals surface area (Å²) in [6, 6.07) is 13.9. The third kappa shape index (κ3) is 2.89. The number of carbonyl (C=O) groups excluding carboxylic acids is 2. The highest BCUT2D eigenvalue weighted by molar-refractivity contribution is 7.91. The Morgan fingerprint density at radius 1 is 1.00 bits per heavy atom. The normalized spacial score (nSPS) is 15.5. The van der Waals surface area contributed by atoms with Crippen LogP contribution in [0.1, 0.15) is 44.1 Å². The van der Waals surface area contributed by atoms with Crippen molar-refractivity contribution in [2.24, 2.45) is 0 Å². The van der Waals surface area contributed by atoms with Gasteiger partial charge >= 0.3 is 0 Å². The Morgan fingerprint density at radius 2 is 1.74 bits per heavy atom. The molecule has 4 rings (SSSR count). The minimum atomic E-state index is -3.86. The lowest BCUT2D eigenvalue weighted by Gasteiger charge is -2.19. The highest BCUT2D eigenvalue weighted by Crippen LogP contribution is 2.34. The van der Waals surface area contributed by atoms with Crippen LogP contribution in [0.2, 0.25) is 0 Å². The number of rotatable bonds is 3. The third-order valence-electron chi connectivity index (χ3n) is 4.52. The largest absolute Gasteiger partial charge is 0.345 e. The van der Waals surface area contributed by atoms with E-state index < -0.39 is 9.84 Å². The number of benzene rings is 2. The highest BCUT2D eigenvalue weighted by Gasteiger charge is 2.35. The quantitative estimate of drug-likeness (QED) is 0.573. The molecule has 1 aliphatic rings. The molecular weight excluding hydrogens is 382 g/mol. The lowest BCUT2D eigenvalue weighted by Crippen LogP contribution is -2.27. The topological polar surface area (TPSA) is 80.3 Å². The molecule has 3 aromatic rings. The first-order chi connectivity index (χ1) is 12.9. The summed E-state index contributed by atoms with van der Waals surface area (Å²) in [6.07, 6.45) is 0. The lowest BCUT2D eigenvalue weighted by atomic mass is 10.0. The minimum Gasteiger partial charge on any atom is -0.345 e. The van der Waals surface area contributed by atoms with Crippen LogP contribution in [0, 0.1) is 0 Å². The first-order valence-electron chi connectivity index (χ1n) is 8.27. The Morgan fingerprint density at radius 3 is 2.48 bits per heavy atom. The van der Waals surface area contributed by atoms with E-state index in [2.05, 4.69) is 5.32 Å². The summed E-state index contributed by atoms with van der Waals surface area (Å²) < 4.78 is 25.9. The molecule has 1 N–H and O–H groups in total. The van der Waals surface area contributed by atoms with E-state index in [0.29, 0.717) is 0 Å². The standard InChI is InChI=1S/C20H15NO4S2/c1-12(16-6-4-10-26-16)21-20(23)13-8-9-15-18(11-13)27(24,25)17-7-3-2-5-14(17)19(15)22/h2-12H,1H3,(H,21,23). The molecule has 1 amide bonds. The number of nitrogens with one attached hydrogen (secondary N) is 1. The Hall–Kier alpha value is -2.77. The van der Waals surface area contributed by atoms with Crippen LogP contribution in [-0.2, 0) is 9.84 Å². The van der Waals surface area contributed by atoms with Crippen LogP contribution >= 0.6 is 11.3 Å². The molecule has 2 heterocycles. The average molecular weight is 397 g/mol. The van der Waals surface area contributed by atoms with Crippen LogP contribution in [0.5, 0.6) is 0 Å². The fraction of sp³-hybridized carbons (Fsp3) is 0.100. The van der Waals surface area contributed by atoms with Crippen LogP contribution in [0.4, 0.5) is 0 Å². The Kier molecular flexibility index (Phi) is 4.20. The van der Waals surface area contributed by atoms with Crippen LogP contribution in [0.15, 0.2) is 69.8 Å². The fourth-order valence-corrected chi connectivity index (χ4v) is 5.53. The molecule has 0 spiro atoms. The summed E-state index contributed by atoms with van der Waals surface area (Å²) in [5.74, 6) is -0.741. The van der Waals surface area contributed by atoms with E-state index in [1.165, 1.54) is 41.7 Å². The summed E-state index contributed by atoms with van der Waals surface area (Å²) in [4.78, 5) is 26.1. The number of ketones is 1. The molecule has 136 valence electrons. The van der Waals surface area contributed by atoms with Crippen LogP contribution in [0.3, 0.4) is 0 Å². The first kappa shape index (κ1) is 17.6. The SMILES string of the molecule is CC(NC(=O)c1ccc2c(c1)S(=O)(=O)c1ccccc1C2=O)c1cccs1. The number of hydrogen-bond donors (Lipinski definition) is 1. The first-order valence-corrected chi connectivity index (χ1v) is 10.6. The Labute approximate surface area is 160 Å². The summed E-state index contributed by atoms with van der Waals surface area (Å²) in [6.45, 7) is 1.86. The van der Waals surface area contributed by atoms with E-state index in [0.717, 1.165) is 4.88 Å². The summed E-state index contributed by atoms with van der Waals surface area (Å²) in [5, 5.41) is 4.78. The van der Waals surface area contributed by atoms with Crippen molar-refractivity contribution in [3.8, 4) is 0 Å². The van der Waals surface area contributed by atoms with Gasteiger partial charge in [-0.2, -0.15) is 0 Å². The van der Waals surface area contributed by atoms with E-state index in [1.54, 1.807) is 12.1 Å². The van der Waals surface area contributed by atoms with Gasteiger partial charge in [0.05, 0.1) is 15.8 Å². The van der Waals surface area contributed by atoms with Crippen molar-refractivity contribution >= 4 is 32.9 Å². The summed E-state index contributed by atoms with van der Waals surface area (Å²) in [5.41, 5.74) is 0.456. The van der Waals surface area contributed by atoms with Gasteiger partial charge in [-0.3, -0.25) is 9.59 Å². The van der Waals surface area contributed by atoms with Gasteiger partial charge in [0, 0.05) is 21.6 Å². The second-order valence-electron chi connectivity index (χ2n) is 6.25. The fourth-order valence-electron chi connectivity index (χ4n) is 3.11. The zero-order valence-corrected chi connectivity index (χ0v) is 15.9. The minimum absolute atomic E-state index is 0.0213. The van der Waals surface area contributed by atoms with Crippen molar-refractivity contribution in [2.45, 2.75) is 22.8 Å². The number of thiophene rings is 1. The number of carbonyl (C=O) groups is 2. The van der Waals surface area contributed by atoms with Crippen molar-refractivity contribution in [3.63, 3.8) is 0 Å². The molecule has 1 atom stereocenters. The number of amides is 1. The second-order valence-corrected chi connectivity index (χ2v) is 9.12. The van der Waals surface area contributed by atoms with Crippen LogP contribution in [-0.4, -0.2) is 20.1 Å². The van der Waals surface area contributed by atoms with Gasteiger partial charge in [0.1, 0.15) is 0 Å². The molecule has 1 aliphatic heterocycles. The van der Waals surface area contributed by atoms with Gasteiger partial charge in [-0.15, -0.1) is 11.3 Å². The molecule has 0 saturated carbocycles. The molecule has 0 fully saturated rings. The van der Waals surface area contributed by atoms with Crippen molar-refractivity contribution < 1.29 is 18.0 Å². The number of fused-ring (bicyclic) bond motifs is 2. The van der Waals surface area contributed by atoms with Gasteiger partial charge in [0.25, 0.3) is 5.91 Å². The number of hydrogen-bond acceptors (Lipinski definition) is 5. The van der Waals surface area contributed by atoms with Gasteiger partial charge in [-0.25, -0.2) is 8.42 Å². The average Bonchev–Trinajstić information content (AvgIpc) is 3.21. The van der Waals surface area contributed by atoms with Gasteiger partial charge in [-0.1, -0.05) is 18.2 Å². The molecule has 0 saturated heterocycles. The maximum atomic E-state index is 12.9. The van der Waals surface area contributed by atoms with E-state index >= 15 is 0 Å². The molecule has 27 heavy (non-hydrogen) atoms. The summed E-state index contributed by atoms with van der Waals surface area (Å²) in [7, 11) is -3.86. The van der Waals surface area contributed by atoms with Gasteiger partial charge in [0.2, 0.25) is 9.84 Å². The molecule has 2 aromatic carbocycles. The predicted molar refractivity (Wildman–Crippen MR) is 102 cm³/mol. The maximum Gasteiger partial charge on any atom is 0.251 e. The van der Waals surface area contributed by atoms with E-state index in [1.807, 2.05) is 24.4 Å². The second kappa shape index (κ2) is 6.44. The maximum absolute atomic E-state index is 12.9. The zero-order chi connectivity index (χ0) is 19.2. The van der Waals surface area contributed by atoms with Crippen LogP contribution in [0.25, 0.3) is 0 Å². The van der Waals surface area contributed by atoms with Crippen molar-refractivity contribution in [3.05, 3.63) is 81.5 Å². The smallest absolute Gasteiger partial charge is 0.251 e. The van der Waals surface area contributed by atoms with Gasteiger partial charge < -0.3 is 5.32 Å². The summed E-state index contributed by atoms with van der Waals surface area (Å²) >= 11 is 1.53. The van der Waals surface area contributed by atoms with Crippen LogP contribution < -0.4 is 5.32 Å². The molecular formula is C20H15NO4S2. The van der Waals surface area contributed by atoms with Crippen molar-refractivity contribution in [1.29, 1.82) is 0 Å².